The zero-order valence-electron chi connectivity index (χ0n) is 12.7. The number of rotatable bonds is 3. The van der Waals surface area contributed by atoms with E-state index in [-0.39, 0.29) is 5.97 Å². The number of nitrogens with two attached hydrogens (primary N) is 1. The van der Waals surface area contributed by atoms with Crippen molar-refractivity contribution in [3.63, 3.8) is 0 Å². The van der Waals surface area contributed by atoms with Gasteiger partial charge >= 0.3 is 5.97 Å². The van der Waals surface area contributed by atoms with Gasteiger partial charge in [0, 0.05) is 18.7 Å². The summed E-state index contributed by atoms with van der Waals surface area (Å²) in [5, 5.41) is 1.70. The van der Waals surface area contributed by atoms with Crippen LogP contribution >= 0.6 is 11.3 Å². The number of thiophene rings is 1. The average Bonchev–Trinajstić information content (AvgIpc) is 2.64. The number of carbonyl (C=O) groups excluding carboxylic acids is 1. The lowest BCUT2D eigenvalue weighted by molar-refractivity contribution is 0.0527. The summed E-state index contributed by atoms with van der Waals surface area (Å²) in [5.41, 5.74) is 7.56. The maximum absolute atomic E-state index is 12.0. The Kier molecular flexibility index (Phi) is 4.58. The molecule has 0 amide bonds. The smallest absolute Gasteiger partial charge is 0.341 e. The first kappa shape index (κ1) is 15.2. The quantitative estimate of drug-likeness (QED) is 0.870. The molecule has 0 bridgehead atoms. The molecule has 1 fully saturated rings. The summed E-state index contributed by atoms with van der Waals surface area (Å²) < 4.78 is 5.10. The maximum Gasteiger partial charge on any atom is 0.341 e. The van der Waals surface area contributed by atoms with Gasteiger partial charge in [0.25, 0.3) is 0 Å². The van der Waals surface area contributed by atoms with Gasteiger partial charge in [0.1, 0.15) is 5.00 Å². The number of carbonyl (C=O) groups is 1. The highest BCUT2D eigenvalue weighted by molar-refractivity contribution is 7.20. The van der Waals surface area contributed by atoms with Crippen molar-refractivity contribution in [1.82, 2.24) is 0 Å². The molecule has 2 rings (SSSR count). The highest BCUT2D eigenvalue weighted by Crippen LogP contribution is 2.40. The second-order valence-corrected chi connectivity index (χ2v) is 6.87. The van der Waals surface area contributed by atoms with Gasteiger partial charge in [-0.15, -0.1) is 11.3 Å². The van der Waals surface area contributed by atoms with E-state index in [1.807, 2.05) is 13.8 Å². The predicted octanol–water partition coefficient (Wildman–Crippen LogP) is 3.30. The molecule has 2 heterocycles. The van der Waals surface area contributed by atoms with E-state index in [0.29, 0.717) is 29.0 Å². The fraction of sp³-hybridized carbons (Fsp3) is 0.667. The van der Waals surface area contributed by atoms with Crippen LogP contribution in [0.5, 0.6) is 0 Å². The van der Waals surface area contributed by atoms with E-state index in [2.05, 4.69) is 18.7 Å². The third-order valence-corrected chi connectivity index (χ3v) is 4.97. The molecule has 2 unspecified atom stereocenters. The highest BCUT2D eigenvalue weighted by Gasteiger charge is 2.28. The molecule has 2 atom stereocenters. The van der Waals surface area contributed by atoms with Crippen LogP contribution in [-0.4, -0.2) is 25.7 Å². The lowest BCUT2D eigenvalue weighted by atomic mass is 9.92. The largest absolute Gasteiger partial charge is 0.462 e. The van der Waals surface area contributed by atoms with Gasteiger partial charge in [0.15, 0.2) is 0 Å². The van der Waals surface area contributed by atoms with E-state index >= 15 is 0 Å². The van der Waals surface area contributed by atoms with Crippen molar-refractivity contribution in [3.05, 3.63) is 11.1 Å². The molecule has 5 heteroatoms. The van der Waals surface area contributed by atoms with Crippen LogP contribution in [0, 0.1) is 18.8 Å². The molecule has 4 nitrogen and oxygen atoms in total. The summed E-state index contributed by atoms with van der Waals surface area (Å²) >= 11 is 1.51. The third-order valence-electron chi connectivity index (χ3n) is 3.78. The summed E-state index contributed by atoms with van der Waals surface area (Å²) in [6.07, 6.45) is 1.27. The van der Waals surface area contributed by atoms with Crippen molar-refractivity contribution in [3.8, 4) is 0 Å². The predicted molar refractivity (Wildman–Crippen MR) is 84.6 cm³/mol. The first-order valence-corrected chi connectivity index (χ1v) is 8.06. The Bertz CT molecular complexity index is 488. The van der Waals surface area contributed by atoms with Gasteiger partial charge in [-0.05, 0) is 32.1 Å². The second-order valence-electron chi connectivity index (χ2n) is 5.84. The summed E-state index contributed by atoms with van der Waals surface area (Å²) in [7, 11) is 0. The number of hydrogen-bond acceptors (Lipinski definition) is 5. The molecular weight excluding hydrogens is 272 g/mol. The Morgan fingerprint density at radius 3 is 2.55 bits per heavy atom. The molecule has 0 radical (unpaired) electrons. The summed E-state index contributed by atoms with van der Waals surface area (Å²) in [6.45, 7) is 10.8. The standard InChI is InChI=1S/C15H24N2O2S/c1-5-19-15(18)12-11(4)14(20-13(12)16)17-7-9(2)6-10(3)8-17/h9-10H,5-8,16H2,1-4H3. The number of anilines is 2. The van der Waals surface area contributed by atoms with Crippen LogP contribution in [0.2, 0.25) is 0 Å². The van der Waals surface area contributed by atoms with Crippen LogP contribution in [-0.2, 0) is 4.74 Å². The van der Waals surface area contributed by atoms with Crippen molar-refractivity contribution in [2.24, 2.45) is 11.8 Å². The van der Waals surface area contributed by atoms with Crippen molar-refractivity contribution in [2.75, 3.05) is 30.3 Å². The Morgan fingerprint density at radius 2 is 2.00 bits per heavy atom. The first-order chi connectivity index (χ1) is 9.43. The molecule has 20 heavy (non-hydrogen) atoms. The molecule has 0 spiro atoms. The first-order valence-electron chi connectivity index (χ1n) is 7.24. The molecule has 1 aliphatic rings. The van der Waals surface area contributed by atoms with E-state index in [9.17, 15) is 4.79 Å². The monoisotopic (exact) mass is 296 g/mol. The molecule has 1 aromatic rings. The molecule has 0 aliphatic carbocycles. The zero-order valence-corrected chi connectivity index (χ0v) is 13.5. The minimum Gasteiger partial charge on any atom is -0.462 e. The van der Waals surface area contributed by atoms with Crippen molar-refractivity contribution < 1.29 is 9.53 Å². The zero-order chi connectivity index (χ0) is 14.9. The number of piperidine rings is 1. The maximum atomic E-state index is 12.0. The third kappa shape index (κ3) is 2.92. The van der Waals surface area contributed by atoms with Crippen LogP contribution in [0.3, 0.4) is 0 Å². The molecule has 1 saturated heterocycles. The normalized spacial score (nSPS) is 22.9. The lowest BCUT2D eigenvalue weighted by Crippen LogP contribution is -2.38. The Hall–Kier alpha value is -1.23. The Balaban J connectivity index is 2.29. The molecule has 1 aliphatic heterocycles. The Labute approximate surface area is 124 Å². The van der Waals surface area contributed by atoms with E-state index < -0.39 is 0 Å². The molecule has 2 N–H and O–H groups in total. The summed E-state index contributed by atoms with van der Waals surface area (Å²) in [5.74, 6) is 1.04. The topological polar surface area (TPSA) is 55.6 Å². The van der Waals surface area contributed by atoms with Crippen molar-refractivity contribution >= 4 is 27.3 Å². The number of hydrogen-bond donors (Lipinski definition) is 1. The van der Waals surface area contributed by atoms with Crippen LogP contribution in [0.25, 0.3) is 0 Å². The number of ether oxygens (including phenoxy) is 1. The molecule has 1 aromatic heterocycles. The van der Waals surface area contributed by atoms with E-state index in [0.717, 1.165) is 23.7 Å². The second kappa shape index (κ2) is 6.04. The van der Waals surface area contributed by atoms with Crippen LogP contribution in [0.4, 0.5) is 10.0 Å². The van der Waals surface area contributed by atoms with Crippen LogP contribution in [0.15, 0.2) is 0 Å². The lowest BCUT2D eigenvalue weighted by Gasteiger charge is -2.36. The number of esters is 1. The SMILES string of the molecule is CCOC(=O)c1c(N)sc(N2CC(C)CC(C)C2)c1C. The number of nitrogens with zero attached hydrogens (tertiary/aromatic N) is 1. The minimum absolute atomic E-state index is 0.303. The fourth-order valence-corrected chi connectivity index (χ4v) is 4.19. The van der Waals surface area contributed by atoms with Gasteiger partial charge in [-0.3, -0.25) is 0 Å². The van der Waals surface area contributed by atoms with Crippen LogP contribution < -0.4 is 10.6 Å². The van der Waals surface area contributed by atoms with Crippen molar-refractivity contribution in [2.45, 2.75) is 34.1 Å². The van der Waals surface area contributed by atoms with E-state index in [1.54, 1.807) is 0 Å². The van der Waals surface area contributed by atoms with Gasteiger partial charge in [-0.2, -0.15) is 0 Å². The Morgan fingerprint density at radius 1 is 1.40 bits per heavy atom. The van der Waals surface area contributed by atoms with Gasteiger partial charge in [-0.25, -0.2) is 4.79 Å². The molecular formula is C15H24N2O2S. The fourth-order valence-electron chi connectivity index (χ4n) is 3.11. The van der Waals surface area contributed by atoms with Gasteiger partial charge in [0.2, 0.25) is 0 Å². The summed E-state index contributed by atoms with van der Waals surface area (Å²) in [6, 6.07) is 0. The molecule has 112 valence electrons. The van der Waals surface area contributed by atoms with Crippen molar-refractivity contribution in [1.29, 1.82) is 0 Å². The minimum atomic E-state index is -0.303. The molecule has 0 saturated carbocycles. The van der Waals surface area contributed by atoms with E-state index in [1.165, 1.54) is 17.8 Å². The summed E-state index contributed by atoms with van der Waals surface area (Å²) in [4.78, 5) is 14.4. The van der Waals surface area contributed by atoms with Gasteiger partial charge < -0.3 is 15.4 Å². The van der Waals surface area contributed by atoms with E-state index in [4.69, 9.17) is 10.5 Å². The number of nitrogen functional groups attached to an aromatic ring is 1. The molecule has 0 aromatic carbocycles. The highest BCUT2D eigenvalue weighted by atomic mass is 32.1. The average molecular weight is 296 g/mol. The van der Waals surface area contributed by atoms with Crippen LogP contribution in [0.1, 0.15) is 43.1 Å². The van der Waals surface area contributed by atoms with Gasteiger partial charge in [0.05, 0.1) is 17.2 Å². The van der Waals surface area contributed by atoms with Gasteiger partial charge in [-0.1, -0.05) is 13.8 Å².